The van der Waals surface area contributed by atoms with Gasteiger partial charge in [-0.3, -0.25) is 4.79 Å². The molecular formula is C11H22O2. The SMILES string of the molecule is CCCC[C@@](C)(CC)C(=O)OCC. The first-order valence-corrected chi connectivity index (χ1v) is 5.28. The Labute approximate surface area is 81.7 Å². The van der Waals surface area contributed by atoms with Gasteiger partial charge in [0.1, 0.15) is 0 Å². The van der Waals surface area contributed by atoms with Crippen LogP contribution >= 0.6 is 0 Å². The summed E-state index contributed by atoms with van der Waals surface area (Å²) in [5.41, 5.74) is -0.258. The van der Waals surface area contributed by atoms with Gasteiger partial charge in [0.05, 0.1) is 12.0 Å². The highest BCUT2D eigenvalue weighted by Crippen LogP contribution is 2.29. The summed E-state index contributed by atoms with van der Waals surface area (Å²) in [5, 5.41) is 0. The van der Waals surface area contributed by atoms with Gasteiger partial charge in [0.25, 0.3) is 0 Å². The third-order valence-electron chi connectivity index (χ3n) is 2.63. The average molecular weight is 186 g/mol. The van der Waals surface area contributed by atoms with Gasteiger partial charge in [-0.15, -0.1) is 0 Å². The van der Waals surface area contributed by atoms with Gasteiger partial charge >= 0.3 is 5.97 Å². The van der Waals surface area contributed by atoms with Gasteiger partial charge in [-0.05, 0) is 26.7 Å². The Bertz CT molecular complexity index is 154. The van der Waals surface area contributed by atoms with Gasteiger partial charge in [-0.1, -0.05) is 26.7 Å². The Hall–Kier alpha value is -0.530. The van der Waals surface area contributed by atoms with Crippen LogP contribution in [-0.4, -0.2) is 12.6 Å². The summed E-state index contributed by atoms with van der Waals surface area (Å²) < 4.78 is 5.06. The maximum Gasteiger partial charge on any atom is 0.311 e. The zero-order chi connectivity index (χ0) is 10.3. The van der Waals surface area contributed by atoms with E-state index < -0.39 is 0 Å². The summed E-state index contributed by atoms with van der Waals surface area (Å²) in [7, 11) is 0. The van der Waals surface area contributed by atoms with Crippen LogP contribution in [0, 0.1) is 5.41 Å². The molecule has 0 bridgehead atoms. The van der Waals surface area contributed by atoms with Crippen molar-refractivity contribution in [2.45, 2.75) is 53.4 Å². The van der Waals surface area contributed by atoms with Crippen molar-refractivity contribution in [3.05, 3.63) is 0 Å². The summed E-state index contributed by atoms with van der Waals surface area (Å²) in [5.74, 6) is -0.0362. The molecule has 0 aliphatic carbocycles. The molecule has 0 aromatic heterocycles. The zero-order valence-electron chi connectivity index (χ0n) is 9.35. The number of hydrogen-bond acceptors (Lipinski definition) is 2. The molecule has 0 spiro atoms. The quantitative estimate of drug-likeness (QED) is 0.596. The maximum atomic E-state index is 11.6. The monoisotopic (exact) mass is 186 g/mol. The van der Waals surface area contributed by atoms with Gasteiger partial charge < -0.3 is 4.74 Å². The molecule has 0 aromatic rings. The minimum atomic E-state index is -0.258. The molecule has 13 heavy (non-hydrogen) atoms. The van der Waals surface area contributed by atoms with Crippen LogP contribution in [0.4, 0.5) is 0 Å². The molecule has 0 saturated carbocycles. The molecule has 0 amide bonds. The lowest BCUT2D eigenvalue weighted by Gasteiger charge is -2.25. The van der Waals surface area contributed by atoms with E-state index in [0.29, 0.717) is 6.61 Å². The van der Waals surface area contributed by atoms with Gasteiger partial charge in [-0.2, -0.15) is 0 Å². The Morgan fingerprint density at radius 3 is 2.31 bits per heavy atom. The van der Waals surface area contributed by atoms with E-state index >= 15 is 0 Å². The molecule has 2 nitrogen and oxygen atoms in total. The van der Waals surface area contributed by atoms with Gasteiger partial charge in [-0.25, -0.2) is 0 Å². The van der Waals surface area contributed by atoms with E-state index in [0.717, 1.165) is 25.7 Å². The third kappa shape index (κ3) is 3.79. The fourth-order valence-electron chi connectivity index (χ4n) is 1.30. The van der Waals surface area contributed by atoms with Crippen LogP contribution in [0.5, 0.6) is 0 Å². The second kappa shape index (κ2) is 6.01. The highest BCUT2D eigenvalue weighted by atomic mass is 16.5. The van der Waals surface area contributed by atoms with Gasteiger partial charge in [0, 0.05) is 0 Å². The summed E-state index contributed by atoms with van der Waals surface area (Å²) in [4.78, 5) is 11.6. The van der Waals surface area contributed by atoms with E-state index in [1.54, 1.807) is 0 Å². The number of carbonyl (C=O) groups excluding carboxylic acids is 1. The number of hydrogen-bond donors (Lipinski definition) is 0. The molecule has 0 N–H and O–H groups in total. The number of esters is 1. The average Bonchev–Trinajstić information content (AvgIpc) is 2.14. The molecule has 0 saturated heterocycles. The smallest absolute Gasteiger partial charge is 0.311 e. The second-order valence-corrected chi connectivity index (χ2v) is 3.74. The lowest BCUT2D eigenvalue weighted by molar-refractivity contribution is -0.155. The molecule has 0 aromatic carbocycles. The lowest BCUT2D eigenvalue weighted by atomic mass is 9.82. The van der Waals surface area contributed by atoms with Crippen molar-refractivity contribution >= 4 is 5.97 Å². The largest absolute Gasteiger partial charge is 0.466 e. The van der Waals surface area contributed by atoms with Crippen LogP contribution in [0.3, 0.4) is 0 Å². The number of ether oxygens (including phenoxy) is 1. The van der Waals surface area contributed by atoms with Crippen LogP contribution in [0.2, 0.25) is 0 Å². The van der Waals surface area contributed by atoms with E-state index in [9.17, 15) is 4.79 Å². The Balaban J connectivity index is 4.16. The summed E-state index contributed by atoms with van der Waals surface area (Å²) in [6, 6.07) is 0. The highest BCUT2D eigenvalue weighted by molar-refractivity contribution is 5.76. The Kier molecular flexibility index (Phi) is 5.76. The fraction of sp³-hybridized carbons (Fsp3) is 0.909. The highest BCUT2D eigenvalue weighted by Gasteiger charge is 2.31. The van der Waals surface area contributed by atoms with E-state index in [4.69, 9.17) is 4.74 Å². The standard InChI is InChI=1S/C11H22O2/c1-5-8-9-11(4,6-2)10(12)13-7-3/h5-9H2,1-4H3/t11-/m1/s1. The Morgan fingerprint density at radius 2 is 1.92 bits per heavy atom. The van der Waals surface area contributed by atoms with E-state index in [1.165, 1.54) is 0 Å². The predicted molar refractivity (Wildman–Crippen MR) is 54.6 cm³/mol. The summed E-state index contributed by atoms with van der Waals surface area (Å²) in [6.07, 6.45) is 4.04. The third-order valence-corrected chi connectivity index (χ3v) is 2.63. The van der Waals surface area contributed by atoms with Crippen molar-refractivity contribution in [2.75, 3.05) is 6.61 Å². The molecule has 1 atom stereocenters. The second-order valence-electron chi connectivity index (χ2n) is 3.74. The summed E-state index contributed by atoms with van der Waals surface area (Å²) >= 11 is 0. The van der Waals surface area contributed by atoms with Crippen molar-refractivity contribution in [2.24, 2.45) is 5.41 Å². The van der Waals surface area contributed by atoms with Crippen LogP contribution in [0.15, 0.2) is 0 Å². The molecule has 0 fully saturated rings. The minimum Gasteiger partial charge on any atom is -0.466 e. The molecule has 0 aliphatic rings. The lowest BCUT2D eigenvalue weighted by Crippen LogP contribution is -2.29. The van der Waals surface area contributed by atoms with Crippen molar-refractivity contribution in [3.8, 4) is 0 Å². The first kappa shape index (κ1) is 12.5. The van der Waals surface area contributed by atoms with E-state index in [2.05, 4.69) is 6.92 Å². The van der Waals surface area contributed by atoms with Crippen molar-refractivity contribution in [1.82, 2.24) is 0 Å². The van der Waals surface area contributed by atoms with Gasteiger partial charge in [0.2, 0.25) is 0 Å². The zero-order valence-corrected chi connectivity index (χ0v) is 9.35. The maximum absolute atomic E-state index is 11.6. The first-order valence-electron chi connectivity index (χ1n) is 5.28. The van der Waals surface area contributed by atoms with Crippen LogP contribution in [-0.2, 0) is 9.53 Å². The molecule has 78 valence electrons. The molecule has 2 heteroatoms. The number of carbonyl (C=O) groups is 1. The number of unbranched alkanes of at least 4 members (excludes halogenated alkanes) is 1. The number of rotatable bonds is 6. The molecular weight excluding hydrogens is 164 g/mol. The molecule has 0 unspecified atom stereocenters. The van der Waals surface area contributed by atoms with Crippen molar-refractivity contribution < 1.29 is 9.53 Å². The van der Waals surface area contributed by atoms with Crippen LogP contribution in [0.1, 0.15) is 53.4 Å². The molecule has 0 heterocycles. The van der Waals surface area contributed by atoms with Crippen molar-refractivity contribution in [1.29, 1.82) is 0 Å². The van der Waals surface area contributed by atoms with E-state index in [1.807, 2.05) is 20.8 Å². The normalized spacial score (nSPS) is 15.1. The Morgan fingerprint density at radius 1 is 1.31 bits per heavy atom. The van der Waals surface area contributed by atoms with Crippen LogP contribution < -0.4 is 0 Å². The predicted octanol–water partition coefficient (Wildman–Crippen LogP) is 3.16. The molecule has 0 radical (unpaired) electrons. The first-order chi connectivity index (χ1) is 6.10. The molecule has 0 rings (SSSR count). The van der Waals surface area contributed by atoms with Crippen LogP contribution in [0.25, 0.3) is 0 Å². The minimum absolute atomic E-state index is 0.0362. The van der Waals surface area contributed by atoms with Gasteiger partial charge in [0.15, 0.2) is 0 Å². The van der Waals surface area contributed by atoms with E-state index in [-0.39, 0.29) is 11.4 Å². The fourth-order valence-corrected chi connectivity index (χ4v) is 1.30. The topological polar surface area (TPSA) is 26.3 Å². The summed E-state index contributed by atoms with van der Waals surface area (Å²) in [6.45, 7) is 8.53. The molecule has 0 aliphatic heterocycles. The van der Waals surface area contributed by atoms with Crippen molar-refractivity contribution in [3.63, 3.8) is 0 Å².